The number of nitrogens with two attached hydrogens (primary N) is 1. The molecular formula is C13H13F3N2O4. The Balaban J connectivity index is 2.88. The summed E-state index contributed by atoms with van der Waals surface area (Å²) >= 11 is 0. The number of hydrogen-bond donors (Lipinski definition) is 2. The Kier molecular flexibility index (Phi) is 5.90. The number of benzene rings is 1. The van der Waals surface area contributed by atoms with E-state index in [4.69, 9.17) is 5.73 Å². The molecule has 0 fully saturated rings. The number of methoxy groups -OCH3 is 1. The molecular weight excluding hydrogens is 305 g/mol. The topological polar surface area (TPSA) is 98.5 Å². The van der Waals surface area contributed by atoms with Crippen molar-refractivity contribution in [2.45, 2.75) is 18.9 Å². The number of hydrogen-bond acceptors (Lipinski definition) is 4. The summed E-state index contributed by atoms with van der Waals surface area (Å²) in [5.74, 6) is -6.98. The van der Waals surface area contributed by atoms with Crippen LogP contribution >= 0.6 is 0 Å². The van der Waals surface area contributed by atoms with Gasteiger partial charge < -0.3 is 15.8 Å². The van der Waals surface area contributed by atoms with E-state index in [9.17, 15) is 27.6 Å². The van der Waals surface area contributed by atoms with Crippen LogP contribution < -0.4 is 11.1 Å². The minimum absolute atomic E-state index is 0.210. The van der Waals surface area contributed by atoms with Gasteiger partial charge in [0.25, 0.3) is 5.91 Å². The summed E-state index contributed by atoms with van der Waals surface area (Å²) < 4.78 is 44.0. The van der Waals surface area contributed by atoms with Gasteiger partial charge in [-0.1, -0.05) is 0 Å². The molecule has 0 spiro atoms. The number of halogens is 3. The van der Waals surface area contributed by atoms with Gasteiger partial charge in [0.2, 0.25) is 5.91 Å². The van der Waals surface area contributed by atoms with Crippen LogP contribution in [0, 0.1) is 17.5 Å². The Morgan fingerprint density at radius 3 is 2.23 bits per heavy atom. The quantitative estimate of drug-likeness (QED) is 0.752. The molecule has 6 nitrogen and oxygen atoms in total. The summed E-state index contributed by atoms with van der Waals surface area (Å²) in [6.45, 7) is 0. The molecule has 2 amide bonds. The Morgan fingerprint density at radius 1 is 1.23 bits per heavy atom. The van der Waals surface area contributed by atoms with E-state index in [1.807, 2.05) is 5.32 Å². The molecule has 0 saturated heterocycles. The molecule has 0 radical (unpaired) electrons. The molecule has 1 aromatic carbocycles. The second-order valence-corrected chi connectivity index (χ2v) is 4.29. The molecule has 1 aromatic rings. The van der Waals surface area contributed by atoms with E-state index in [0.29, 0.717) is 12.1 Å². The highest BCUT2D eigenvalue weighted by atomic mass is 19.1. The predicted octanol–water partition coefficient (Wildman–Crippen LogP) is 0.641. The van der Waals surface area contributed by atoms with Gasteiger partial charge in [-0.3, -0.25) is 14.4 Å². The zero-order valence-electron chi connectivity index (χ0n) is 11.5. The van der Waals surface area contributed by atoms with Crippen LogP contribution in [0.25, 0.3) is 0 Å². The fraction of sp³-hybridized carbons (Fsp3) is 0.308. The maximum Gasteiger partial charge on any atom is 0.305 e. The fourth-order valence-corrected chi connectivity index (χ4v) is 1.64. The van der Waals surface area contributed by atoms with Gasteiger partial charge in [0.15, 0.2) is 0 Å². The molecule has 0 heterocycles. The summed E-state index contributed by atoms with van der Waals surface area (Å²) in [7, 11) is 1.13. The number of primary amides is 1. The first-order valence-corrected chi connectivity index (χ1v) is 6.07. The number of rotatable bonds is 6. The summed E-state index contributed by atoms with van der Waals surface area (Å²) in [5, 5.41) is 1.99. The van der Waals surface area contributed by atoms with Crippen molar-refractivity contribution in [2.75, 3.05) is 7.11 Å². The van der Waals surface area contributed by atoms with Crippen molar-refractivity contribution >= 4 is 17.8 Å². The number of ether oxygens (including phenoxy) is 1. The zero-order valence-corrected chi connectivity index (χ0v) is 11.5. The van der Waals surface area contributed by atoms with Gasteiger partial charge in [-0.2, -0.15) is 0 Å². The van der Waals surface area contributed by atoms with Crippen LogP contribution in [0.1, 0.15) is 23.2 Å². The van der Waals surface area contributed by atoms with Crippen molar-refractivity contribution in [3.63, 3.8) is 0 Å². The molecule has 0 aliphatic rings. The molecule has 3 N–H and O–H groups in total. The second-order valence-electron chi connectivity index (χ2n) is 4.29. The summed E-state index contributed by atoms with van der Waals surface area (Å²) in [6.07, 6.45) is -0.447. The number of amides is 2. The van der Waals surface area contributed by atoms with Crippen LogP contribution in [0.2, 0.25) is 0 Å². The Hall–Kier alpha value is -2.58. The van der Waals surface area contributed by atoms with Gasteiger partial charge in [0, 0.05) is 18.6 Å². The summed E-state index contributed by atoms with van der Waals surface area (Å²) in [6, 6.07) is -0.687. The number of carbonyl (C=O) groups excluding carboxylic acids is 3. The van der Waals surface area contributed by atoms with Gasteiger partial charge in [-0.25, -0.2) is 13.2 Å². The van der Waals surface area contributed by atoms with Crippen LogP contribution in [-0.2, 0) is 14.3 Å². The zero-order chi connectivity index (χ0) is 16.9. The predicted molar refractivity (Wildman–Crippen MR) is 68.0 cm³/mol. The Bertz CT molecular complexity index is 584. The van der Waals surface area contributed by atoms with Crippen molar-refractivity contribution < 1.29 is 32.3 Å². The molecule has 0 bridgehead atoms. The normalized spacial score (nSPS) is 11.6. The molecule has 0 aromatic heterocycles. The van der Waals surface area contributed by atoms with E-state index < -0.39 is 46.8 Å². The average Bonchev–Trinajstić information content (AvgIpc) is 2.41. The van der Waals surface area contributed by atoms with Crippen LogP contribution in [0.5, 0.6) is 0 Å². The number of esters is 1. The van der Waals surface area contributed by atoms with Crippen molar-refractivity contribution in [2.24, 2.45) is 5.73 Å². The van der Waals surface area contributed by atoms with Gasteiger partial charge in [-0.05, 0) is 6.42 Å². The van der Waals surface area contributed by atoms with Crippen molar-refractivity contribution in [3.05, 3.63) is 35.1 Å². The summed E-state index contributed by atoms with van der Waals surface area (Å²) in [5.41, 5.74) is 3.99. The number of nitrogens with one attached hydrogen (secondary N) is 1. The molecule has 120 valence electrons. The minimum Gasteiger partial charge on any atom is -0.469 e. The number of carbonyl (C=O) groups is 3. The van der Waals surface area contributed by atoms with Crippen molar-refractivity contribution in [3.8, 4) is 0 Å². The van der Waals surface area contributed by atoms with Crippen LogP contribution in [-0.4, -0.2) is 30.9 Å². The van der Waals surface area contributed by atoms with Gasteiger partial charge in [0.1, 0.15) is 29.1 Å². The first-order chi connectivity index (χ1) is 10.3. The lowest BCUT2D eigenvalue weighted by Gasteiger charge is -2.15. The third kappa shape index (κ3) is 4.47. The Morgan fingerprint density at radius 2 is 1.77 bits per heavy atom. The molecule has 0 saturated carbocycles. The van der Waals surface area contributed by atoms with Crippen molar-refractivity contribution in [1.82, 2.24) is 5.32 Å². The van der Waals surface area contributed by atoms with Crippen LogP contribution in [0.4, 0.5) is 13.2 Å². The van der Waals surface area contributed by atoms with E-state index in [1.54, 1.807) is 0 Å². The monoisotopic (exact) mass is 318 g/mol. The largest absolute Gasteiger partial charge is 0.469 e. The molecule has 1 atom stereocenters. The molecule has 0 aliphatic heterocycles. The van der Waals surface area contributed by atoms with E-state index in [1.165, 1.54) is 0 Å². The van der Waals surface area contributed by atoms with Crippen LogP contribution in [0.15, 0.2) is 12.1 Å². The highest BCUT2D eigenvalue weighted by Gasteiger charge is 2.24. The smallest absolute Gasteiger partial charge is 0.305 e. The average molecular weight is 318 g/mol. The SMILES string of the molecule is COC(=O)CC[C@H](NC(=O)c1c(F)cc(F)cc1F)C(N)=O. The van der Waals surface area contributed by atoms with Gasteiger partial charge in [0.05, 0.1) is 7.11 Å². The van der Waals surface area contributed by atoms with E-state index in [-0.39, 0.29) is 12.8 Å². The fourth-order valence-electron chi connectivity index (χ4n) is 1.64. The Labute approximate surface area is 123 Å². The third-order valence-corrected chi connectivity index (χ3v) is 2.75. The van der Waals surface area contributed by atoms with E-state index >= 15 is 0 Å². The van der Waals surface area contributed by atoms with Gasteiger partial charge >= 0.3 is 5.97 Å². The molecule has 0 unspecified atom stereocenters. The first kappa shape index (κ1) is 17.5. The second kappa shape index (κ2) is 7.43. The molecule has 9 heteroatoms. The lowest BCUT2D eigenvalue weighted by atomic mass is 10.1. The highest BCUT2D eigenvalue weighted by Crippen LogP contribution is 2.15. The third-order valence-electron chi connectivity index (χ3n) is 2.75. The van der Waals surface area contributed by atoms with Crippen molar-refractivity contribution in [1.29, 1.82) is 0 Å². The highest BCUT2D eigenvalue weighted by molar-refractivity contribution is 5.97. The minimum atomic E-state index is -1.42. The van der Waals surface area contributed by atoms with Crippen LogP contribution in [0.3, 0.4) is 0 Å². The maximum atomic E-state index is 13.5. The first-order valence-electron chi connectivity index (χ1n) is 6.07. The lowest BCUT2D eigenvalue weighted by molar-refractivity contribution is -0.140. The van der Waals surface area contributed by atoms with Gasteiger partial charge in [-0.15, -0.1) is 0 Å². The molecule has 1 rings (SSSR count). The van der Waals surface area contributed by atoms with E-state index in [0.717, 1.165) is 7.11 Å². The standard InChI is InChI=1S/C13H13F3N2O4/c1-22-10(19)3-2-9(12(17)20)18-13(21)11-7(15)4-6(14)5-8(11)16/h4-5,9H,2-3H2,1H3,(H2,17,20)(H,18,21)/t9-/m0/s1. The van der Waals surface area contributed by atoms with E-state index in [2.05, 4.69) is 4.74 Å². The summed E-state index contributed by atoms with van der Waals surface area (Å²) in [4.78, 5) is 34.0. The lowest BCUT2D eigenvalue weighted by Crippen LogP contribution is -2.45. The molecule has 22 heavy (non-hydrogen) atoms. The molecule has 0 aliphatic carbocycles. The maximum absolute atomic E-state index is 13.5.